The van der Waals surface area contributed by atoms with E-state index in [4.69, 9.17) is 5.73 Å². The van der Waals surface area contributed by atoms with Crippen molar-refractivity contribution in [2.24, 2.45) is 5.41 Å². The number of thiophene rings is 1. The number of rotatable bonds is 2. The zero-order valence-corrected chi connectivity index (χ0v) is 12.1. The molecule has 1 saturated heterocycles. The van der Waals surface area contributed by atoms with Crippen LogP contribution in [-0.2, 0) is 0 Å². The van der Waals surface area contributed by atoms with E-state index in [1.165, 1.54) is 24.2 Å². The second-order valence-electron chi connectivity index (χ2n) is 5.64. The number of hydrogen-bond acceptors (Lipinski definition) is 4. The van der Waals surface area contributed by atoms with E-state index in [1.807, 2.05) is 6.07 Å². The van der Waals surface area contributed by atoms with Crippen LogP contribution in [0.1, 0.15) is 36.4 Å². The molecule has 2 heterocycles. The molecule has 2 rings (SSSR count). The fourth-order valence-electron chi connectivity index (χ4n) is 2.45. The number of nitrogen functional groups attached to an aromatic ring is 1. The first-order valence-corrected chi connectivity index (χ1v) is 7.11. The van der Waals surface area contributed by atoms with Crippen molar-refractivity contribution in [1.82, 2.24) is 5.32 Å². The SMILES string of the molecule is CNC(=O)c1sc(N2CCCC(C)(C)C2)cc1N. The molecule has 1 fully saturated rings. The lowest BCUT2D eigenvalue weighted by molar-refractivity contribution is 0.0968. The van der Waals surface area contributed by atoms with Gasteiger partial charge in [-0.25, -0.2) is 0 Å². The summed E-state index contributed by atoms with van der Waals surface area (Å²) in [5.41, 5.74) is 6.83. The van der Waals surface area contributed by atoms with Crippen LogP contribution in [0.2, 0.25) is 0 Å². The molecule has 3 N–H and O–H groups in total. The van der Waals surface area contributed by atoms with E-state index in [0.29, 0.717) is 16.0 Å². The highest BCUT2D eigenvalue weighted by molar-refractivity contribution is 7.18. The van der Waals surface area contributed by atoms with Gasteiger partial charge in [0.25, 0.3) is 5.91 Å². The molecule has 0 atom stereocenters. The average Bonchev–Trinajstić information content (AvgIpc) is 2.69. The van der Waals surface area contributed by atoms with Crippen molar-refractivity contribution in [2.75, 3.05) is 30.8 Å². The molecule has 1 aliphatic rings. The maximum Gasteiger partial charge on any atom is 0.263 e. The van der Waals surface area contributed by atoms with Gasteiger partial charge in [-0.3, -0.25) is 4.79 Å². The lowest BCUT2D eigenvalue weighted by Gasteiger charge is -2.38. The summed E-state index contributed by atoms with van der Waals surface area (Å²) in [4.78, 5) is 14.6. The van der Waals surface area contributed by atoms with Crippen molar-refractivity contribution in [3.8, 4) is 0 Å². The van der Waals surface area contributed by atoms with Crippen LogP contribution in [0.5, 0.6) is 0 Å². The molecule has 0 spiro atoms. The summed E-state index contributed by atoms with van der Waals surface area (Å²) in [6.07, 6.45) is 2.45. The number of nitrogens with one attached hydrogen (secondary N) is 1. The Balaban J connectivity index is 2.21. The summed E-state index contributed by atoms with van der Waals surface area (Å²) in [7, 11) is 1.63. The molecule has 0 bridgehead atoms. The fraction of sp³-hybridized carbons (Fsp3) is 0.615. The van der Waals surface area contributed by atoms with Crippen molar-refractivity contribution >= 4 is 27.9 Å². The largest absolute Gasteiger partial charge is 0.397 e. The van der Waals surface area contributed by atoms with Gasteiger partial charge >= 0.3 is 0 Å². The molecule has 0 aliphatic carbocycles. The second-order valence-corrected chi connectivity index (χ2v) is 6.67. The van der Waals surface area contributed by atoms with Gasteiger partial charge in [-0.05, 0) is 24.3 Å². The first-order valence-electron chi connectivity index (χ1n) is 6.29. The Bertz CT molecular complexity index is 453. The third-order valence-corrected chi connectivity index (χ3v) is 4.60. The zero-order valence-electron chi connectivity index (χ0n) is 11.2. The van der Waals surface area contributed by atoms with Gasteiger partial charge in [0.05, 0.1) is 10.7 Å². The first-order chi connectivity index (χ1) is 8.43. The van der Waals surface area contributed by atoms with Crippen LogP contribution >= 0.6 is 11.3 Å². The van der Waals surface area contributed by atoms with Gasteiger partial charge in [-0.2, -0.15) is 0 Å². The molecule has 0 radical (unpaired) electrons. The van der Waals surface area contributed by atoms with Crippen LogP contribution in [0.25, 0.3) is 0 Å². The van der Waals surface area contributed by atoms with Gasteiger partial charge in [-0.1, -0.05) is 13.8 Å². The Morgan fingerprint density at radius 1 is 1.56 bits per heavy atom. The molecule has 1 amide bonds. The molecule has 0 unspecified atom stereocenters. The summed E-state index contributed by atoms with van der Waals surface area (Å²) in [6.45, 7) is 6.66. The average molecular weight is 267 g/mol. The highest BCUT2D eigenvalue weighted by atomic mass is 32.1. The van der Waals surface area contributed by atoms with Crippen LogP contribution in [0.4, 0.5) is 10.7 Å². The van der Waals surface area contributed by atoms with E-state index in [2.05, 4.69) is 24.1 Å². The summed E-state index contributed by atoms with van der Waals surface area (Å²) in [6, 6.07) is 1.93. The number of nitrogens with two attached hydrogens (primary N) is 1. The number of nitrogens with zero attached hydrogens (tertiary/aromatic N) is 1. The molecular weight excluding hydrogens is 246 g/mol. The molecule has 5 heteroatoms. The van der Waals surface area contributed by atoms with Crippen molar-refractivity contribution in [3.63, 3.8) is 0 Å². The summed E-state index contributed by atoms with van der Waals surface area (Å²) < 4.78 is 0. The number of hydrogen-bond donors (Lipinski definition) is 2. The van der Waals surface area contributed by atoms with Gasteiger partial charge in [0.15, 0.2) is 0 Å². The Morgan fingerprint density at radius 2 is 2.28 bits per heavy atom. The fourth-order valence-corrected chi connectivity index (χ4v) is 3.50. The van der Waals surface area contributed by atoms with E-state index < -0.39 is 0 Å². The molecule has 1 aliphatic heterocycles. The zero-order chi connectivity index (χ0) is 13.3. The molecule has 18 heavy (non-hydrogen) atoms. The minimum Gasteiger partial charge on any atom is -0.397 e. The Labute approximate surface area is 112 Å². The maximum absolute atomic E-state index is 11.7. The number of carbonyl (C=O) groups is 1. The van der Waals surface area contributed by atoms with Crippen molar-refractivity contribution in [3.05, 3.63) is 10.9 Å². The monoisotopic (exact) mass is 267 g/mol. The minimum atomic E-state index is -0.0972. The van der Waals surface area contributed by atoms with Crippen LogP contribution in [-0.4, -0.2) is 26.0 Å². The van der Waals surface area contributed by atoms with Gasteiger partial charge in [-0.15, -0.1) is 11.3 Å². The molecule has 0 aromatic carbocycles. The normalized spacial score (nSPS) is 18.7. The Morgan fingerprint density at radius 3 is 2.89 bits per heavy atom. The molecule has 1 aromatic rings. The van der Waals surface area contributed by atoms with E-state index >= 15 is 0 Å². The predicted molar refractivity (Wildman–Crippen MR) is 77.3 cm³/mol. The van der Waals surface area contributed by atoms with Crippen molar-refractivity contribution in [1.29, 1.82) is 0 Å². The van der Waals surface area contributed by atoms with Crippen LogP contribution in [0.15, 0.2) is 6.07 Å². The third kappa shape index (κ3) is 2.61. The first kappa shape index (κ1) is 13.2. The number of carbonyl (C=O) groups excluding carboxylic acids is 1. The summed E-state index contributed by atoms with van der Waals surface area (Å²) in [5, 5.41) is 3.74. The number of piperidine rings is 1. The molecule has 4 nitrogen and oxygen atoms in total. The van der Waals surface area contributed by atoms with Crippen LogP contribution < -0.4 is 16.0 Å². The number of anilines is 2. The number of amides is 1. The second kappa shape index (κ2) is 4.80. The van der Waals surface area contributed by atoms with Gasteiger partial charge < -0.3 is 16.0 Å². The third-order valence-electron chi connectivity index (χ3n) is 3.39. The molecule has 1 aromatic heterocycles. The van der Waals surface area contributed by atoms with E-state index in [0.717, 1.165) is 18.1 Å². The highest BCUT2D eigenvalue weighted by Crippen LogP contribution is 2.37. The van der Waals surface area contributed by atoms with Crippen LogP contribution in [0.3, 0.4) is 0 Å². The minimum absolute atomic E-state index is 0.0972. The molecule has 100 valence electrons. The van der Waals surface area contributed by atoms with E-state index in [1.54, 1.807) is 7.05 Å². The smallest absolute Gasteiger partial charge is 0.263 e. The standard InChI is InChI=1S/C13H21N3OS/c1-13(2)5-4-6-16(8-13)10-7-9(14)11(18-10)12(17)15-3/h7H,4-6,8,14H2,1-3H3,(H,15,17). The molecule has 0 saturated carbocycles. The summed E-state index contributed by atoms with van der Waals surface area (Å²) >= 11 is 1.49. The van der Waals surface area contributed by atoms with Gasteiger partial charge in [0.2, 0.25) is 0 Å². The van der Waals surface area contributed by atoms with Crippen molar-refractivity contribution < 1.29 is 4.79 Å². The highest BCUT2D eigenvalue weighted by Gasteiger charge is 2.28. The van der Waals surface area contributed by atoms with Crippen molar-refractivity contribution in [2.45, 2.75) is 26.7 Å². The maximum atomic E-state index is 11.7. The lowest BCUT2D eigenvalue weighted by atomic mass is 9.84. The van der Waals surface area contributed by atoms with Gasteiger partial charge in [0.1, 0.15) is 4.88 Å². The lowest BCUT2D eigenvalue weighted by Crippen LogP contribution is -2.39. The Kier molecular flexibility index (Phi) is 3.52. The van der Waals surface area contributed by atoms with E-state index in [9.17, 15) is 4.79 Å². The van der Waals surface area contributed by atoms with Gasteiger partial charge in [0, 0.05) is 20.1 Å². The summed E-state index contributed by atoms with van der Waals surface area (Å²) in [5.74, 6) is -0.0972. The van der Waals surface area contributed by atoms with Crippen LogP contribution in [0, 0.1) is 5.41 Å². The topological polar surface area (TPSA) is 58.4 Å². The molecular formula is C13H21N3OS. The Hall–Kier alpha value is -1.23. The van der Waals surface area contributed by atoms with E-state index in [-0.39, 0.29) is 5.91 Å². The quantitative estimate of drug-likeness (QED) is 0.864. The predicted octanol–water partition coefficient (Wildman–Crippen LogP) is 2.32.